The monoisotopic (exact) mass is 1350 g/mol. The van der Waals surface area contributed by atoms with Gasteiger partial charge in [-0.05, 0) is 83.5 Å². The van der Waals surface area contributed by atoms with Crippen molar-refractivity contribution in [2.75, 3.05) is 72.2 Å². The van der Waals surface area contributed by atoms with E-state index < -0.39 is 169 Å². The van der Waals surface area contributed by atoms with Gasteiger partial charge in [0, 0.05) is 45.6 Å². The summed E-state index contributed by atoms with van der Waals surface area (Å²) < 4.78 is 10.7. The maximum Gasteiger partial charge on any atom is 0.305 e. The summed E-state index contributed by atoms with van der Waals surface area (Å²) in [6.07, 6.45) is -1.85. The normalized spacial score (nSPS) is 21.5. The van der Waals surface area contributed by atoms with Gasteiger partial charge in [-0.15, -0.1) is 0 Å². The van der Waals surface area contributed by atoms with Crippen molar-refractivity contribution in [3.05, 3.63) is 0 Å². The lowest BCUT2D eigenvalue weighted by Gasteiger charge is -2.25. The molecule has 0 radical (unpaired) electrons. The summed E-state index contributed by atoms with van der Waals surface area (Å²) in [5.41, 5.74) is 27.2. The van der Waals surface area contributed by atoms with Gasteiger partial charge >= 0.3 is 11.9 Å². The molecule has 0 aromatic rings. The summed E-state index contributed by atoms with van der Waals surface area (Å²) in [6, 6.07) is -12.5. The van der Waals surface area contributed by atoms with Crippen LogP contribution in [0.15, 0.2) is 9.98 Å². The van der Waals surface area contributed by atoms with Crippen LogP contribution in [0, 0.1) is 0 Å². The van der Waals surface area contributed by atoms with Gasteiger partial charge in [0.05, 0.1) is 52.4 Å². The molecule has 0 aromatic carbocycles. The molecule has 2 rings (SSSR count). The van der Waals surface area contributed by atoms with Crippen molar-refractivity contribution in [3.63, 3.8) is 0 Å². The molecule has 2 saturated heterocycles. The van der Waals surface area contributed by atoms with E-state index in [1.165, 1.54) is 13.8 Å². The highest BCUT2D eigenvalue weighted by Gasteiger charge is 2.35. The largest absolute Gasteiger partial charge is 0.481 e. The Labute approximate surface area is 548 Å². The Balaban J connectivity index is 2.28. The van der Waals surface area contributed by atoms with Gasteiger partial charge in [-0.2, -0.15) is 0 Å². The molecule has 0 aromatic heterocycles. The second-order valence-electron chi connectivity index (χ2n) is 22.0. The third kappa shape index (κ3) is 34.8. The highest BCUT2D eigenvalue weighted by molar-refractivity contribution is 6.00. The van der Waals surface area contributed by atoms with Crippen molar-refractivity contribution in [2.24, 2.45) is 38.7 Å². The zero-order valence-electron chi connectivity index (χ0n) is 53.6. The van der Waals surface area contributed by atoms with Crippen LogP contribution >= 0.6 is 0 Å². The number of carbonyl (C=O) groups excluding carboxylic acids is 13. The van der Waals surface area contributed by atoms with E-state index in [-0.39, 0.29) is 154 Å². The van der Waals surface area contributed by atoms with Crippen molar-refractivity contribution >= 4 is 101 Å². The summed E-state index contributed by atoms with van der Waals surface area (Å²) in [5.74, 6) is -14.2. The molecule has 39 heteroatoms. The molecule has 2 aliphatic rings. The molecule has 534 valence electrons. The van der Waals surface area contributed by atoms with Crippen LogP contribution in [0.5, 0.6) is 0 Å². The Hall–Kier alpha value is -9.53. The lowest BCUT2D eigenvalue weighted by Crippen LogP contribution is -2.57. The van der Waals surface area contributed by atoms with E-state index in [1.807, 2.05) is 0 Å². The van der Waals surface area contributed by atoms with Gasteiger partial charge in [0.1, 0.15) is 54.4 Å². The zero-order valence-corrected chi connectivity index (χ0v) is 53.6. The van der Waals surface area contributed by atoms with E-state index in [9.17, 15) is 82.1 Å². The number of amides is 13. The van der Waals surface area contributed by atoms with Crippen LogP contribution < -0.4 is 97.8 Å². The molecule has 0 spiro atoms. The minimum atomic E-state index is -1.66. The summed E-state index contributed by atoms with van der Waals surface area (Å²) >= 11 is 0. The molecule has 0 aliphatic carbocycles. The van der Waals surface area contributed by atoms with Crippen LogP contribution in [-0.4, -0.2) is 237 Å². The predicted octanol–water partition coefficient (Wildman–Crippen LogP) is -8.78. The second-order valence-corrected chi connectivity index (χ2v) is 22.0. The number of rotatable bonds is 37. The first-order valence-electron chi connectivity index (χ1n) is 31.4. The minimum absolute atomic E-state index is 0.0123. The van der Waals surface area contributed by atoms with Gasteiger partial charge < -0.3 is 117 Å². The quantitative estimate of drug-likeness (QED) is 0.0156. The average Bonchev–Trinajstić information content (AvgIpc) is 1.94. The maximum atomic E-state index is 14.0. The smallest absolute Gasteiger partial charge is 0.305 e. The molecule has 39 nitrogen and oxygen atoms in total. The van der Waals surface area contributed by atoms with E-state index in [2.05, 4.69) is 79.1 Å². The van der Waals surface area contributed by atoms with Crippen molar-refractivity contribution in [1.82, 2.24) is 69.1 Å². The average molecular weight is 1350 g/mol. The standard InChI is InChI=1S/C56H96N20O19/c1-3-31-49(88)75-35(51(90)73-33(13-9-21-64-55(58)59)47(86)66-29-42(79)69-38(27-44(81)82)53(92)71-31)11-5-7-19-62-40(77)16-15-37(68-41(78)17-23-94-25-26-95-24-18-57)46(85)63-20-8-6-12-36-52(91)74-34(14-10-22-65-56(60)61)48(87)67-30-43(80)70-39(28-45(83)84)54(93)72-32(4-2)50(89)76-36/h31-39H,3-30,57H2,1-2H3,(H,62,77)(H,63,85)(H,66,86)(H,67,87)(H,68,78)(H,69,79)(H,70,80)(H,71,92)(H,72,93)(H,73,90)(H,74,91)(H,75,88)(H,76,89)(H,81,82)(H,83,84)(H4,58,59,64)(H4,60,61,65)/t31-,32-,33+,34+,35+,36+,37?,38+,39+/m1/s1. The Bertz CT molecular complexity index is 2680. The van der Waals surface area contributed by atoms with E-state index in [4.69, 9.17) is 38.1 Å². The Morgan fingerprint density at radius 2 is 0.853 bits per heavy atom. The molecule has 9 atom stereocenters. The zero-order chi connectivity index (χ0) is 70.8. The number of nitrogens with zero attached hydrogens (tertiary/aromatic N) is 2. The molecular formula is C56H96N20O19. The second kappa shape index (κ2) is 45.7. The number of hydrogen-bond donors (Lipinski definition) is 20. The fourth-order valence-corrected chi connectivity index (χ4v) is 9.24. The third-order valence-electron chi connectivity index (χ3n) is 14.3. The number of nitrogens with two attached hydrogens (primary N) is 5. The molecule has 0 saturated carbocycles. The van der Waals surface area contributed by atoms with Gasteiger partial charge in [-0.25, -0.2) is 0 Å². The topological polar surface area (TPSA) is 626 Å². The SMILES string of the molecule is CC[C@H]1NC(=O)[C@H](CC(=O)O)NC(=O)CNC(=O)[C@H](CCCN=C(N)N)NC(=O)[C@H](CCCCNC(=O)CCC(NC(=O)CCOCCOCCN)C(=O)NCCCC[C@@H]2NC(=O)[C@@H](CC)NC(=O)[C@H](CC(=O)O)NC(=O)CNC(=O)[C@H](CCCN=C(N)N)NC2=O)NC1=O. The highest BCUT2D eigenvalue weighted by atomic mass is 16.5. The summed E-state index contributed by atoms with van der Waals surface area (Å²) in [6.45, 7) is 2.57. The van der Waals surface area contributed by atoms with Gasteiger partial charge in [0.2, 0.25) is 76.8 Å². The Kier molecular flexibility index (Phi) is 39.2. The van der Waals surface area contributed by atoms with E-state index in [0.29, 0.717) is 13.2 Å². The first-order valence-corrected chi connectivity index (χ1v) is 31.4. The van der Waals surface area contributed by atoms with Gasteiger partial charge in [0.15, 0.2) is 11.9 Å². The fourth-order valence-electron chi connectivity index (χ4n) is 9.24. The van der Waals surface area contributed by atoms with Gasteiger partial charge in [-0.3, -0.25) is 81.9 Å². The Morgan fingerprint density at radius 3 is 1.26 bits per heavy atom. The van der Waals surface area contributed by atoms with Crippen LogP contribution in [-0.2, 0) is 81.4 Å². The van der Waals surface area contributed by atoms with Crippen LogP contribution in [0.2, 0.25) is 0 Å². The number of carboxylic acids is 2. The number of hydrogen-bond acceptors (Lipinski definition) is 20. The number of aliphatic imine (C=N–C) groups is 2. The number of unbranched alkanes of at least 4 members (excludes halogenated alkanes) is 2. The lowest BCUT2D eigenvalue weighted by atomic mass is 10.0. The lowest BCUT2D eigenvalue weighted by molar-refractivity contribution is -0.141. The predicted molar refractivity (Wildman–Crippen MR) is 337 cm³/mol. The molecule has 0 bridgehead atoms. The van der Waals surface area contributed by atoms with Crippen LogP contribution in [0.25, 0.3) is 0 Å². The molecule has 1 unspecified atom stereocenters. The number of carboxylic acid groups (broad SMARTS) is 2. The number of guanidine groups is 2. The van der Waals surface area contributed by atoms with Crippen molar-refractivity contribution in [3.8, 4) is 0 Å². The molecular weight excluding hydrogens is 1260 g/mol. The fraction of sp³-hybridized carbons (Fsp3) is 0.696. The highest BCUT2D eigenvalue weighted by Crippen LogP contribution is 2.11. The molecule has 2 aliphatic heterocycles. The molecule has 2 fully saturated rings. The van der Waals surface area contributed by atoms with Crippen LogP contribution in [0.4, 0.5) is 0 Å². The number of ether oxygens (including phenoxy) is 2. The summed E-state index contributed by atoms with van der Waals surface area (Å²) in [7, 11) is 0. The van der Waals surface area contributed by atoms with E-state index >= 15 is 0 Å². The van der Waals surface area contributed by atoms with Crippen LogP contribution in [0.1, 0.15) is 123 Å². The third-order valence-corrected chi connectivity index (χ3v) is 14.3. The van der Waals surface area contributed by atoms with Crippen LogP contribution in [0.3, 0.4) is 0 Å². The molecule has 25 N–H and O–H groups in total. The van der Waals surface area contributed by atoms with E-state index in [0.717, 1.165) is 0 Å². The number of nitrogens with one attached hydrogen (secondary N) is 13. The summed E-state index contributed by atoms with van der Waals surface area (Å²) in [4.78, 5) is 206. The van der Waals surface area contributed by atoms with Crippen molar-refractivity contribution in [1.29, 1.82) is 0 Å². The molecule has 95 heavy (non-hydrogen) atoms. The molecule has 2 heterocycles. The first kappa shape index (κ1) is 81.6. The Morgan fingerprint density at radius 1 is 0.474 bits per heavy atom. The number of carbonyl (C=O) groups is 15. The minimum Gasteiger partial charge on any atom is -0.481 e. The van der Waals surface area contributed by atoms with Gasteiger partial charge in [-0.1, -0.05) is 13.8 Å². The van der Waals surface area contributed by atoms with Crippen molar-refractivity contribution < 1.29 is 91.6 Å². The van der Waals surface area contributed by atoms with Crippen molar-refractivity contribution in [2.45, 2.75) is 177 Å². The van der Waals surface area contributed by atoms with Gasteiger partial charge in [0.25, 0.3) is 0 Å². The molecule has 13 amide bonds. The number of aliphatic carboxylic acids is 2. The first-order chi connectivity index (χ1) is 45.2. The summed E-state index contributed by atoms with van der Waals surface area (Å²) in [5, 5.41) is 51.3. The van der Waals surface area contributed by atoms with E-state index in [1.54, 1.807) is 0 Å². The maximum absolute atomic E-state index is 14.0.